The van der Waals surface area contributed by atoms with Crippen LogP contribution in [-0.4, -0.2) is 28.6 Å². The van der Waals surface area contributed by atoms with Gasteiger partial charge in [-0.3, -0.25) is 0 Å². The lowest BCUT2D eigenvalue weighted by Crippen LogP contribution is -2.21. The van der Waals surface area contributed by atoms with Crippen molar-refractivity contribution in [3.63, 3.8) is 0 Å². The summed E-state index contributed by atoms with van der Waals surface area (Å²) >= 11 is 0. The number of hydrogen-bond acceptors (Lipinski definition) is 4. The highest BCUT2D eigenvalue weighted by Crippen LogP contribution is 2.28. The third-order valence-electron chi connectivity index (χ3n) is 3.02. The molecule has 1 heterocycles. The predicted octanol–water partition coefficient (Wildman–Crippen LogP) is 0.777. The van der Waals surface area contributed by atoms with Gasteiger partial charge in [-0.15, -0.1) is 0 Å². The van der Waals surface area contributed by atoms with Crippen LogP contribution in [0, 0.1) is 0 Å². The summed E-state index contributed by atoms with van der Waals surface area (Å²) in [6.45, 7) is 1.98. The quantitative estimate of drug-likeness (QED) is 0.783. The second-order valence-electron chi connectivity index (χ2n) is 4.12. The maximum absolute atomic E-state index is 11.6. The molecular weight excluding hydrogens is 238 g/mol. The van der Waals surface area contributed by atoms with Crippen LogP contribution in [0.3, 0.4) is 0 Å². The monoisotopic (exact) mass is 255 g/mol. The van der Waals surface area contributed by atoms with Crippen molar-refractivity contribution in [1.29, 1.82) is 0 Å². The minimum Gasteiger partial charge on any atom is -0.397 e. The van der Waals surface area contributed by atoms with E-state index in [1.165, 1.54) is 13.1 Å². The zero-order valence-corrected chi connectivity index (χ0v) is 10.6. The number of rotatable bonds is 3. The lowest BCUT2D eigenvalue weighted by Gasteiger charge is -2.20. The third-order valence-corrected chi connectivity index (χ3v) is 4.44. The molecule has 3 N–H and O–H groups in total. The number of hydrogen-bond donors (Lipinski definition) is 2. The van der Waals surface area contributed by atoms with Crippen molar-refractivity contribution in [3.8, 4) is 0 Å². The molecule has 1 saturated heterocycles. The van der Waals surface area contributed by atoms with E-state index in [9.17, 15) is 8.42 Å². The summed E-state index contributed by atoms with van der Waals surface area (Å²) < 4.78 is 25.5. The summed E-state index contributed by atoms with van der Waals surface area (Å²) in [5, 5.41) is 0. The van der Waals surface area contributed by atoms with Crippen molar-refractivity contribution in [2.45, 2.75) is 17.7 Å². The highest BCUT2D eigenvalue weighted by molar-refractivity contribution is 7.89. The van der Waals surface area contributed by atoms with E-state index in [-0.39, 0.29) is 4.90 Å². The number of nitrogen functional groups attached to an aromatic ring is 1. The lowest BCUT2D eigenvalue weighted by atomic mass is 10.2. The van der Waals surface area contributed by atoms with Gasteiger partial charge in [0.15, 0.2) is 0 Å². The van der Waals surface area contributed by atoms with Gasteiger partial charge in [0.05, 0.1) is 16.3 Å². The average Bonchev–Trinajstić information content (AvgIpc) is 2.82. The molecule has 0 radical (unpaired) electrons. The predicted molar refractivity (Wildman–Crippen MR) is 68.5 cm³/mol. The average molecular weight is 255 g/mol. The van der Waals surface area contributed by atoms with E-state index in [1.54, 1.807) is 12.1 Å². The molecule has 2 rings (SSSR count). The molecule has 0 spiro atoms. The minimum atomic E-state index is -3.41. The molecular formula is C11H17N3O2S. The number of nitrogens with one attached hydrogen (secondary N) is 1. The zero-order chi connectivity index (χ0) is 12.5. The second kappa shape index (κ2) is 4.54. The Kier molecular flexibility index (Phi) is 3.26. The van der Waals surface area contributed by atoms with Gasteiger partial charge in [0.1, 0.15) is 0 Å². The fraction of sp³-hybridized carbons (Fsp3) is 0.455. The number of benzene rings is 1. The van der Waals surface area contributed by atoms with Crippen LogP contribution in [0.4, 0.5) is 11.4 Å². The van der Waals surface area contributed by atoms with Crippen LogP contribution in [0.1, 0.15) is 12.8 Å². The first-order chi connectivity index (χ1) is 8.04. The van der Waals surface area contributed by atoms with E-state index < -0.39 is 10.0 Å². The molecule has 0 aliphatic carbocycles. The van der Waals surface area contributed by atoms with E-state index in [0.29, 0.717) is 5.69 Å². The smallest absolute Gasteiger partial charge is 0.240 e. The van der Waals surface area contributed by atoms with Crippen LogP contribution >= 0.6 is 0 Å². The maximum Gasteiger partial charge on any atom is 0.240 e. The number of sulfonamides is 1. The van der Waals surface area contributed by atoms with Gasteiger partial charge >= 0.3 is 0 Å². The molecule has 94 valence electrons. The van der Waals surface area contributed by atoms with Crippen LogP contribution < -0.4 is 15.4 Å². The van der Waals surface area contributed by atoms with Crippen LogP contribution in [0.2, 0.25) is 0 Å². The Bertz CT molecular complexity index is 507. The van der Waals surface area contributed by atoms with Crippen LogP contribution in [0.5, 0.6) is 0 Å². The largest absolute Gasteiger partial charge is 0.397 e. The van der Waals surface area contributed by atoms with Crippen molar-refractivity contribution in [2.24, 2.45) is 0 Å². The second-order valence-corrected chi connectivity index (χ2v) is 6.01. The minimum absolute atomic E-state index is 0.209. The van der Waals surface area contributed by atoms with Gasteiger partial charge in [-0.1, -0.05) is 0 Å². The lowest BCUT2D eigenvalue weighted by molar-refractivity contribution is 0.588. The van der Waals surface area contributed by atoms with Crippen LogP contribution in [0.15, 0.2) is 23.1 Å². The Labute approximate surface area is 102 Å². The van der Waals surface area contributed by atoms with Gasteiger partial charge < -0.3 is 10.6 Å². The molecule has 0 unspecified atom stereocenters. The molecule has 0 atom stereocenters. The number of anilines is 2. The van der Waals surface area contributed by atoms with Crippen molar-refractivity contribution >= 4 is 21.4 Å². The Morgan fingerprint density at radius 2 is 1.94 bits per heavy atom. The highest BCUT2D eigenvalue weighted by Gasteiger charge is 2.17. The first-order valence-corrected chi connectivity index (χ1v) is 7.11. The molecule has 1 fully saturated rings. The van der Waals surface area contributed by atoms with E-state index in [1.807, 2.05) is 0 Å². The number of nitrogens with two attached hydrogens (primary N) is 1. The summed E-state index contributed by atoms with van der Waals surface area (Å²) in [6.07, 6.45) is 2.33. The molecule has 0 aromatic heterocycles. The SMILES string of the molecule is CNS(=O)(=O)c1ccc(N2CCCC2)c(N)c1. The fourth-order valence-electron chi connectivity index (χ4n) is 2.06. The van der Waals surface area contributed by atoms with Crippen molar-refractivity contribution < 1.29 is 8.42 Å². The van der Waals surface area contributed by atoms with Crippen molar-refractivity contribution in [3.05, 3.63) is 18.2 Å². The van der Waals surface area contributed by atoms with Crippen molar-refractivity contribution in [1.82, 2.24) is 4.72 Å². The molecule has 17 heavy (non-hydrogen) atoms. The molecule has 1 aliphatic rings. The topological polar surface area (TPSA) is 75.4 Å². The molecule has 0 saturated carbocycles. The van der Waals surface area contributed by atoms with Gasteiger partial charge in [0.2, 0.25) is 10.0 Å². The molecule has 6 heteroatoms. The first-order valence-electron chi connectivity index (χ1n) is 5.62. The summed E-state index contributed by atoms with van der Waals surface area (Å²) in [7, 11) is -2.02. The molecule has 1 aromatic carbocycles. The maximum atomic E-state index is 11.6. The van der Waals surface area contributed by atoms with E-state index in [2.05, 4.69) is 9.62 Å². The van der Waals surface area contributed by atoms with Gasteiger partial charge in [0, 0.05) is 13.1 Å². The molecule has 1 aliphatic heterocycles. The highest BCUT2D eigenvalue weighted by atomic mass is 32.2. The Balaban J connectivity index is 2.35. The van der Waals surface area contributed by atoms with Crippen LogP contribution in [-0.2, 0) is 10.0 Å². The first kappa shape index (κ1) is 12.2. The molecule has 5 nitrogen and oxygen atoms in total. The molecule has 0 bridgehead atoms. The Morgan fingerprint density at radius 1 is 1.29 bits per heavy atom. The van der Waals surface area contributed by atoms with Gasteiger partial charge in [-0.25, -0.2) is 13.1 Å². The van der Waals surface area contributed by atoms with Gasteiger partial charge in [0.25, 0.3) is 0 Å². The fourth-order valence-corrected chi connectivity index (χ4v) is 2.83. The summed E-state index contributed by atoms with van der Waals surface area (Å²) in [5.74, 6) is 0. The van der Waals surface area contributed by atoms with E-state index in [4.69, 9.17) is 5.73 Å². The van der Waals surface area contributed by atoms with Gasteiger partial charge in [-0.2, -0.15) is 0 Å². The summed E-state index contributed by atoms with van der Waals surface area (Å²) in [5.41, 5.74) is 7.36. The Hall–Kier alpha value is -1.27. The zero-order valence-electron chi connectivity index (χ0n) is 9.81. The normalized spacial score (nSPS) is 16.4. The van der Waals surface area contributed by atoms with E-state index >= 15 is 0 Å². The standard InChI is InChI=1S/C11H17N3O2S/c1-13-17(15,16)9-4-5-11(10(12)8-9)14-6-2-3-7-14/h4-5,8,13H,2-3,6-7,12H2,1H3. The third kappa shape index (κ3) is 2.37. The van der Waals surface area contributed by atoms with Crippen molar-refractivity contribution in [2.75, 3.05) is 30.8 Å². The molecule has 0 amide bonds. The summed E-state index contributed by atoms with van der Waals surface area (Å²) in [4.78, 5) is 2.39. The number of nitrogens with zero attached hydrogens (tertiary/aromatic N) is 1. The van der Waals surface area contributed by atoms with E-state index in [0.717, 1.165) is 31.6 Å². The van der Waals surface area contributed by atoms with Crippen LogP contribution in [0.25, 0.3) is 0 Å². The molecule has 1 aromatic rings. The van der Waals surface area contributed by atoms with Gasteiger partial charge in [-0.05, 0) is 38.1 Å². The summed E-state index contributed by atoms with van der Waals surface area (Å²) in [6, 6.07) is 4.89. The Morgan fingerprint density at radius 3 is 2.47 bits per heavy atom.